The summed E-state index contributed by atoms with van der Waals surface area (Å²) in [6.07, 6.45) is 4.21. The van der Waals surface area contributed by atoms with Crippen molar-refractivity contribution in [2.75, 3.05) is 28.6 Å². The average Bonchev–Trinajstić information content (AvgIpc) is 3.14. The molecule has 2 N–H and O–H groups in total. The topological polar surface area (TPSA) is 135 Å². The zero-order chi connectivity index (χ0) is 42.2. The van der Waals surface area contributed by atoms with Crippen molar-refractivity contribution in [2.24, 2.45) is 0 Å². The van der Waals surface area contributed by atoms with E-state index >= 15 is 0 Å². The van der Waals surface area contributed by atoms with Gasteiger partial charge in [-0.3, -0.25) is 9.59 Å². The van der Waals surface area contributed by atoms with Gasteiger partial charge in [0.1, 0.15) is 0 Å². The van der Waals surface area contributed by atoms with E-state index in [-0.39, 0.29) is 39.8 Å². The lowest BCUT2D eigenvalue weighted by atomic mass is 9.99. The molecule has 4 aromatic rings. The third kappa shape index (κ3) is 12.0. The lowest BCUT2D eigenvalue weighted by molar-refractivity contribution is -0.119. The summed E-state index contributed by atoms with van der Waals surface area (Å²) in [5.41, 5.74) is 10.9. The summed E-state index contributed by atoms with van der Waals surface area (Å²) in [6.45, 7) is 8.32. The van der Waals surface area contributed by atoms with Crippen molar-refractivity contribution < 1.29 is 44.0 Å². The number of nitrogens with two attached hydrogens (primary N) is 1. The van der Waals surface area contributed by atoms with Gasteiger partial charge in [-0.15, -0.1) is 0 Å². The number of nitrogens with zero attached hydrogens (tertiary/aromatic N) is 2. The molecule has 0 spiro atoms. The Labute approximate surface area is 336 Å². The van der Waals surface area contributed by atoms with Crippen molar-refractivity contribution in [3.63, 3.8) is 0 Å². The lowest BCUT2D eigenvalue weighted by Gasteiger charge is -2.29. The van der Waals surface area contributed by atoms with Gasteiger partial charge in [-0.25, -0.2) is 34.4 Å². The molecule has 2 aliphatic heterocycles. The number of anilines is 3. The highest BCUT2D eigenvalue weighted by Gasteiger charge is 2.26. The molecule has 16 heteroatoms. The minimum absolute atomic E-state index is 0.0756. The molecule has 0 unspecified atom stereocenters. The van der Waals surface area contributed by atoms with Crippen LogP contribution < -0.4 is 15.5 Å². The summed E-state index contributed by atoms with van der Waals surface area (Å²) in [6, 6.07) is 16.2. The van der Waals surface area contributed by atoms with E-state index in [1.165, 1.54) is 43.7 Å². The van der Waals surface area contributed by atoms with Gasteiger partial charge >= 0.3 is 0 Å². The molecule has 0 aromatic heterocycles. The van der Waals surface area contributed by atoms with E-state index in [2.05, 4.69) is 6.92 Å². The molecule has 308 valence electrons. The van der Waals surface area contributed by atoms with Gasteiger partial charge < -0.3 is 15.5 Å². The monoisotopic (exact) mass is 851 g/mol. The number of sulfone groups is 1. The molecule has 2 heterocycles. The second kappa shape index (κ2) is 19.3. The highest BCUT2D eigenvalue weighted by Crippen LogP contribution is 2.31. The third-order valence-electron chi connectivity index (χ3n) is 9.34. The van der Waals surface area contributed by atoms with Gasteiger partial charge in [0.25, 0.3) is 0 Å². The summed E-state index contributed by atoms with van der Waals surface area (Å²) in [5, 5.41) is 0. The SMILES string of the molecule is CCCN1C(=O)CCc2cc(CS(=O)(=O)Cc3ccc(C)c(F)c3F)ccc21.CCCN1C(=O)CCc2cc(N)ccc21.Cc1ccc(CS(=O)(=O)Cl)c(F)c1F. The second-order valence-electron chi connectivity index (χ2n) is 14.0. The van der Waals surface area contributed by atoms with Crippen LogP contribution in [0, 0.1) is 37.1 Å². The van der Waals surface area contributed by atoms with E-state index in [0.29, 0.717) is 31.4 Å². The fraction of sp³-hybridized carbons (Fsp3) is 0.366. The van der Waals surface area contributed by atoms with Crippen LogP contribution >= 0.6 is 10.7 Å². The number of benzene rings is 4. The van der Waals surface area contributed by atoms with Crippen LogP contribution in [0.25, 0.3) is 0 Å². The van der Waals surface area contributed by atoms with Crippen LogP contribution in [0.3, 0.4) is 0 Å². The van der Waals surface area contributed by atoms with E-state index in [1.807, 2.05) is 30.0 Å². The number of aryl methyl sites for hydroxylation is 4. The van der Waals surface area contributed by atoms with Crippen LogP contribution in [-0.2, 0) is 58.6 Å². The van der Waals surface area contributed by atoms with Crippen molar-refractivity contribution in [1.29, 1.82) is 0 Å². The van der Waals surface area contributed by atoms with Crippen molar-refractivity contribution in [3.8, 4) is 0 Å². The molecule has 0 fully saturated rings. The Morgan fingerprint density at radius 3 is 1.54 bits per heavy atom. The van der Waals surface area contributed by atoms with Crippen molar-refractivity contribution in [1.82, 2.24) is 0 Å². The number of hydrogen-bond donors (Lipinski definition) is 1. The zero-order valence-corrected chi connectivity index (χ0v) is 34.6. The highest BCUT2D eigenvalue weighted by atomic mass is 35.7. The van der Waals surface area contributed by atoms with Crippen molar-refractivity contribution >= 4 is 58.4 Å². The molecule has 2 amide bonds. The van der Waals surface area contributed by atoms with E-state index in [4.69, 9.17) is 16.4 Å². The normalized spacial score (nSPS) is 13.9. The molecule has 0 atom stereocenters. The largest absolute Gasteiger partial charge is 0.399 e. The zero-order valence-electron chi connectivity index (χ0n) is 32.2. The molecule has 57 heavy (non-hydrogen) atoms. The Kier molecular flexibility index (Phi) is 15.3. The fourth-order valence-corrected chi connectivity index (χ4v) is 8.98. The second-order valence-corrected chi connectivity index (χ2v) is 18.8. The van der Waals surface area contributed by atoms with Gasteiger partial charge in [-0.05, 0) is 91.6 Å². The number of halogens is 5. The maximum absolute atomic E-state index is 14.0. The molecule has 4 aromatic carbocycles. The van der Waals surface area contributed by atoms with Crippen LogP contribution in [0.1, 0.15) is 78.5 Å². The Morgan fingerprint density at radius 1 is 0.614 bits per heavy atom. The molecule has 0 aliphatic carbocycles. The molecule has 0 saturated carbocycles. The fourth-order valence-electron chi connectivity index (χ4n) is 6.54. The quantitative estimate of drug-likeness (QED) is 0.0963. The predicted octanol–water partition coefficient (Wildman–Crippen LogP) is 8.38. The molecule has 0 radical (unpaired) electrons. The maximum Gasteiger partial charge on any atom is 0.236 e. The smallest absolute Gasteiger partial charge is 0.236 e. The Bertz CT molecular complexity index is 2360. The van der Waals surface area contributed by atoms with Gasteiger partial charge in [-0.1, -0.05) is 50.2 Å². The number of nitrogen functional groups attached to an aromatic ring is 1. The minimum atomic E-state index is -3.86. The van der Waals surface area contributed by atoms with Crippen LogP contribution in [0.4, 0.5) is 34.6 Å². The van der Waals surface area contributed by atoms with E-state index < -0.39 is 53.7 Å². The Hall–Kier alpha value is -4.47. The van der Waals surface area contributed by atoms with Crippen LogP contribution in [-0.4, -0.2) is 41.7 Å². The van der Waals surface area contributed by atoms with Crippen LogP contribution in [0.5, 0.6) is 0 Å². The first-order valence-electron chi connectivity index (χ1n) is 18.4. The average molecular weight is 852 g/mol. The van der Waals surface area contributed by atoms with E-state index in [9.17, 15) is 44.0 Å². The number of hydrogen-bond acceptors (Lipinski definition) is 7. The molecule has 0 bridgehead atoms. The van der Waals surface area contributed by atoms with Crippen LogP contribution in [0.2, 0.25) is 0 Å². The van der Waals surface area contributed by atoms with Crippen LogP contribution in [0.15, 0.2) is 60.7 Å². The predicted molar refractivity (Wildman–Crippen MR) is 216 cm³/mol. The van der Waals surface area contributed by atoms with Crippen molar-refractivity contribution in [3.05, 3.63) is 123 Å². The molecular formula is C41H46ClF4N3O6S2. The lowest BCUT2D eigenvalue weighted by Crippen LogP contribution is -2.35. The summed E-state index contributed by atoms with van der Waals surface area (Å²) >= 11 is 0. The molecule has 0 saturated heterocycles. The van der Waals surface area contributed by atoms with Gasteiger partial charge in [0.05, 0.1) is 17.3 Å². The summed E-state index contributed by atoms with van der Waals surface area (Å²) in [4.78, 5) is 27.4. The Morgan fingerprint density at radius 2 is 1.07 bits per heavy atom. The number of amides is 2. The third-order valence-corrected chi connectivity index (χ3v) is 11.8. The summed E-state index contributed by atoms with van der Waals surface area (Å²) in [7, 11) is -2.64. The molecule has 6 rings (SSSR count). The first-order valence-corrected chi connectivity index (χ1v) is 22.7. The Balaban J connectivity index is 0.000000209. The van der Waals surface area contributed by atoms with Crippen molar-refractivity contribution in [2.45, 2.75) is 83.5 Å². The van der Waals surface area contributed by atoms with Gasteiger partial charge in [0.15, 0.2) is 33.1 Å². The standard InChI is InChI=1S/C21H23F2NO3S.C12H16N2O.C8H7ClF2O2S/c1-3-10-24-18-8-5-15(11-16(18)7-9-19(24)25)12-28(26,27)13-17-6-4-14(2)20(22)21(17)23;1-2-7-14-11-5-4-10(13)8-9(11)3-6-12(14)15;1-5-2-3-6(4-14(9,12)13)8(11)7(5)10/h4-6,8,11H,3,7,9-10,12-13H2,1-2H3;4-5,8H,2-3,6-7,13H2,1H3;2-3H,4H2,1H3. The van der Waals surface area contributed by atoms with E-state index in [1.54, 1.807) is 23.1 Å². The first-order chi connectivity index (χ1) is 26.7. The molecule has 9 nitrogen and oxygen atoms in total. The first kappa shape index (κ1) is 45.2. The highest BCUT2D eigenvalue weighted by molar-refractivity contribution is 8.13. The number of carbonyl (C=O) groups is 2. The molecule has 2 aliphatic rings. The summed E-state index contributed by atoms with van der Waals surface area (Å²) < 4.78 is 100. The summed E-state index contributed by atoms with van der Waals surface area (Å²) in [5.74, 6) is -5.55. The maximum atomic E-state index is 14.0. The number of carbonyl (C=O) groups excluding carboxylic acids is 2. The minimum Gasteiger partial charge on any atom is -0.399 e. The van der Waals surface area contributed by atoms with Gasteiger partial charge in [0.2, 0.25) is 20.9 Å². The number of fused-ring (bicyclic) bond motifs is 2. The number of rotatable bonds is 10. The van der Waals surface area contributed by atoms with Gasteiger partial charge in [-0.2, -0.15) is 0 Å². The van der Waals surface area contributed by atoms with Gasteiger partial charge in [0, 0.05) is 64.8 Å². The van der Waals surface area contributed by atoms with E-state index in [0.717, 1.165) is 48.4 Å². The molecular weight excluding hydrogens is 806 g/mol.